The molecule has 1 heterocycles. The average molecular weight is 361 g/mol. The standard InChI is InChI=1S/C24H28N2O/c1-23-9-7-18(27)12-16(23)3-4-19-21-6-5-20(15-11-17(25)14-26-13-15)24(21,2)10-8-22(19)23/h5-6,11-14,19,22H,3-4,7-10,25H2,1-2H3/t19-,22-,23-,24+/m0/s1. The maximum Gasteiger partial charge on any atom is 0.155 e. The number of nitrogens with two attached hydrogens (primary N) is 1. The molecule has 0 unspecified atom stereocenters. The van der Waals surface area contributed by atoms with Crippen LogP contribution in [-0.4, -0.2) is 10.8 Å². The third-order valence-corrected chi connectivity index (χ3v) is 8.07. The number of aromatic nitrogens is 1. The van der Waals surface area contributed by atoms with Crippen LogP contribution in [0.15, 0.2) is 47.8 Å². The van der Waals surface area contributed by atoms with Crippen LogP contribution >= 0.6 is 0 Å². The maximum absolute atomic E-state index is 12.0. The zero-order chi connectivity index (χ0) is 18.8. The number of carbonyl (C=O) groups is 1. The monoisotopic (exact) mass is 360 g/mol. The SMILES string of the molecule is C[C@]12CC[C@H]3[C@@H](CCC4=CC(=O)CC[C@@]43C)C1=CC=C2c1cncc(N)c1. The number of rotatable bonds is 1. The minimum Gasteiger partial charge on any atom is -0.397 e. The van der Waals surface area contributed by atoms with E-state index < -0.39 is 0 Å². The number of pyridine rings is 1. The first-order chi connectivity index (χ1) is 12.9. The van der Waals surface area contributed by atoms with E-state index in [4.69, 9.17) is 5.73 Å². The van der Waals surface area contributed by atoms with E-state index in [-0.39, 0.29) is 10.8 Å². The van der Waals surface area contributed by atoms with Gasteiger partial charge in [-0.05, 0) is 72.6 Å². The van der Waals surface area contributed by atoms with Crippen molar-refractivity contribution in [2.75, 3.05) is 5.73 Å². The molecule has 27 heavy (non-hydrogen) atoms. The quantitative estimate of drug-likeness (QED) is 0.757. The minimum absolute atomic E-state index is 0.0959. The summed E-state index contributed by atoms with van der Waals surface area (Å²) in [6.07, 6.45) is 16.7. The van der Waals surface area contributed by atoms with Crippen molar-refractivity contribution in [3.63, 3.8) is 0 Å². The Labute approximate surface area is 161 Å². The minimum atomic E-state index is 0.0959. The molecule has 0 aliphatic heterocycles. The number of anilines is 1. The topological polar surface area (TPSA) is 56.0 Å². The van der Waals surface area contributed by atoms with Crippen molar-refractivity contribution >= 4 is 17.0 Å². The van der Waals surface area contributed by atoms with Gasteiger partial charge in [-0.25, -0.2) is 0 Å². The molecule has 0 bridgehead atoms. The van der Waals surface area contributed by atoms with Crippen LogP contribution in [-0.2, 0) is 4.79 Å². The lowest BCUT2D eigenvalue weighted by atomic mass is 9.48. The molecule has 4 aliphatic rings. The largest absolute Gasteiger partial charge is 0.397 e. The number of hydrogen-bond donors (Lipinski definition) is 1. The lowest BCUT2D eigenvalue weighted by Gasteiger charge is -2.56. The van der Waals surface area contributed by atoms with Crippen molar-refractivity contribution in [1.29, 1.82) is 0 Å². The van der Waals surface area contributed by atoms with Crippen molar-refractivity contribution in [3.05, 3.63) is 53.4 Å². The predicted octanol–water partition coefficient (Wildman–Crippen LogP) is 5.11. The Morgan fingerprint density at radius 3 is 2.78 bits per heavy atom. The van der Waals surface area contributed by atoms with Gasteiger partial charge in [-0.15, -0.1) is 0 Å². The van der Waals surface area contributed by atoms with Crippen LogP contribution in [0.4, 0.5) is 5.69 Å². The Morgan fingerprint density at radius 2 is 1.96 bits per heavy atom. The first-order valence-corrected chi connectivity index (χ1v) is 10.3. The summed E-state index contributed by atoms with van der Waals surface area (Å²) in [5, 5.41) is 0. The summed E-state index contributed by atoms with van der Waals surface area (Å²) in [4.78, 5) is 16.3. The summed E-state index contributed by atoms with van der Waals surface area (Å²) in [7, 11) is 0. The molecule has 0 aromatic carbocycles. The van der Waals surface area contributed by atoms with E-state index in [1.165, 1.54) is 24.0 Å². The molecule has 4 atom stereocenters. The Kier molecular flexibility index (Phi) is 3.56. The van der Waals surface area contributed by atoms with Crippen LogP contribution in [0.2, 0.25) is 0 Å². The van der Waals surface area contributed by atoms with E-state index >= 15 is 0 Å². The van der Waals surface area contributed by atoms with Gasteiger partial charge in [0.2, 0.25) is 0 Å². The van der Waals surface area contributed by atoms with Gasteiger partial charge in [0, 0.05) is 24.2 Å². The van der Waals surface area contributed by atoms with Crippen molar-refractivity contribution in [2.45, 2.75) is 52.4 Å². The van der Waals surface area contributed by atoms with Crippen LogP contribution in [0.1, 0.15) is 57.9 Å². The van der Waals surface area contributed by atoms with Gasteiger partial charge < -0.3 is 5.73 Å². The summed E-state index contributed by atoms with van der Waals surface area (Å²) in [6.45, 7) is 4.84. The van der Waals surface area contributed by atoms with Crippen molar-refractivity contribution < 1.29 is 4.79 Å². The summed E-state index contributed by atoms with van der Waals surface area (Å²) in [5.74, 6) is 1.62. The van der Waals surface area contributed by atoms with Gasteiger partial charge >= 0.3 is 0 Å². The number of carbonyl (C=O) groups excluding carboxylic acids is 1. The highest BCUT2D eigenvalue weighted by Gasteiger charge is 2.54. The number of nitrogens with zero attached hydrogens (tertiary/aromatic N) is 1. The van der Waals surface area contributed by atoms with Gasteiger partial charge in [-0.2, -0.15) is 0 Å². The van der Waals surface area contributed by atoms with E-state index in [0.717, 1.165) is 36.9 Å². The Balaban J connectivity index is 1.50. The molecule has 3 heteroatoms. The van der Waals surface area contributed by atoms with Gasteiger partial charge in [0.15, 0.2) is 5.78 Å². The second-order valence-electron chi connectivity index (χ2n) is 9.39. The number of hydrogen-bond acceptors (Lipinski definition) is 3. The molecule has 0 saturated heterocycles. The lowest BCUT2D eigenvalue weighted by molar-refractivity contribution is -0.116. The highest BCUT2D eigenvalue weighted by molar-refractivity contribution is 5.91. The van der Waals surface area contributed by atoms with Gasteiger partial charge in [0.25, 0.3) is 0 Å². The number of fused-ring (bicyclic) bond motifs is 5. The number of ketones is 1. The van der Waals surface area contributed by atoms with Crippen molar-refractivity contribution in [1.82, 2.24) is 4.98 Å². The molecule has 0 spiro atoms. The normalized spacial score (nSPS) is 37.6. The molecule has 1 aromatic heterocycles. The first kappa shape index (κ1) is 17.0. The molecule has 140 valence electrons. The van der Waals surface area contributed by atoms with E-state index in [0.29, 0.717) is 17.6 Å². The van der Waals surface area contributed by atoms with Crippen LogP contribution in [0.25, 0.3) is 5.57 Å². The second kappa shape index (κ2) is 5.67. The van der Waals surface area contributed by atoms with E-state index in [1.807, 2.05) is 12.3 Å². The lowest BCUT2D eigenvalue weighted by Crippen LogP contribution is -2.47. The molecular weight excluding hydrogens is 332 g/mol. The van der Waals surface area contributed by atoms with Gasteiger partial charge in [0.1, 0.15) is 0 Å². The van der Waals surface area contributed by atoms with Crippen LogP contribution in [0, 0.1) is 22.7 Å². The highest BCUT2D eigenvalue weighted by atomic mass is 16.1. The molecule has 2 fully saturated rings. The number of nitrogen functional groups attached to an aromatic ring is 1. The summed E-state index contributed by atoms with van der Waals surface area (Å²) < 4.78 is 0. The fraction of sp³-hybridized carbons (Fsp3) is 0.500. The smallest absolute Gasteiger partial charge is 0.155 e. The molecule has 4 aliphatic carbocycles. The zero-order valence-electron chi connectivity index (χ0n) is 16.3. The fourth-order valence-corrected chi connectivity index (χ4v) is 6.58. The van der Waals surface area contributed by atoms with Crippen molar-refractivity contribution in [3.8, 4) is 0 Å². The maximum atomic E-state index is 12.0. The Bertz CT molecular complexity index is 924. The Hall–Kier alpha value is -2.16. The molecule has 2 N–H and O–H groups in total. The fourth-order valence-electron chi connectivity index (χ4n) is 6.58. The molecule has 1 aromatic rings. The van der Waals surface area contributed by atoms with E-state index in [9.17, 15) is 4.79 Å². The van der Waals surface area contributed by atoms with Crippen LogP contribution < -0.4 is 5.73 Å². The molecule has 5 rings (SSSR count). The molecule has 0 amide bonds. The molecule has 3 nitrogen and oxygen atoms in total. The van der Waals surface area contributed by atoms with Gasteiger partial charge in [0.05, 0.1) is 5.69 Å². The first-order valence-electron chi connectivity index (χ1n) is 10.3. The molecule has 0 radical (unpaired) electrons. The summed E-state index contributed by atoms with van der Waals surface area (Å²) in [6, 6.07) is 2.06. The number of allylic oxidation sites excluding steroid dienone is 6. The predicted molar refractivity (Wildman–Crippen MR) is 109 cm³/mol. The van der Waals surface area contributed by atoms with Crippen LogP contribution in [0.5, 0.6) is 0 Å². The summed E-state index contributed by atoms with van der Waals surface area (Å²) in [5.41, 5.74) is 12.6. The second-order valence-corrected chi connectivity index (χ2v) is 9.39. The van der Waals surface area contributed by atoms with Gasteiger partial charge in [-0.1, -0.05) is 37.1 Å². The van der Waals surface area contributed by atoms with E-state index in [2.05, 4.69) is 37.0 Å². The molecular formula is C24H28N2O. The third kappa shape index (κ3) is 2.33. The van der Waals surface area contributed by atoms with Gasteiger partial charge in [-0.3, -0.25) is 9.78 Å². The average Bonchev–Trinajstić information content (AvgIpc) is 2.99. The van der Waals surface area contributed by atoms with Crippen molar-refractivity contribution in [2.24, 2.45) is 22.7 Å². The summed E-state index contributed by atoms with van der Waals surface area (Å²) >= 11 is 0. The van der Waals surface area contributed by atoms with Crippen LogP contribution in [0.3, 0.4) is 0 Å². The highest BCUT2D eigenvalue weighted by Crippen LogP contribution is 2.65. The zero-order valence-corrected chi connectivity index (χ0v) is 16.3. The Morgan fingerprint density at radius 1 is 1.11 bits per heavy atom. The third-order valence-electron chi connectivity index (χ3n) is 8.07. The molecule has 2 saturated carbocycles. The van der Waals surface area contributed by atoms with E-state index in [1.54, 1.807) is 11.8 Å².